The van der Waals surface area contributed by atoms with E-state index >= 15 is 0 Å². The number of fused-ring (bicyclic) bond motifs is 1. The smallest absolute Gasteiger partial charge is 0.272 e. The monoisotopic (exact) mass is 345 g/mol. The first-order valence-electron chi connectivity index (χ1n) is 7.68. The highest BCUT2D eigenvalue weighted by molar-refractivity contribution is 7.22. The second kappa shape index (κ2) is 5.86. The van der Waals surface area contributed by atoms with Crippen molar-refractivity contribution in [3.8, 4) is 0 Å². The largest absolute Gasteiger partial charge is 0.345 e. The van der Waals surface area contributed by atoms with Gasteiger partial charge in [-0.15, -0.1) is 0 Å². The molecule has 1 fully saturated rings. The molecule has 1 amide bonds. The summed E-state index contributed by atoms with van der Waals surface area (Å²) in [5.41, 5.74) is 1.41. The fourth-order valence-electron chi connectivity index (χ4n) is 2.85. The van der Waals surface area contributed by atoms with E-state index in [1.807, 2.05) is 11.9 Å². The molecule has 8 heteroatoms. The summed E-state index contributed by atoms with van der Waals surface area (Å²) in [6.45, 7) is 2.69. The summed E-state index contributed by atoms with van der Waals surface area (Å²) in [6, 6.07) is 4.64. The number of aromatic nitrogens is 3. The zero-order valence-corrected chi connectivity index (χ0v) is 14.0. The van der Waals surface area contributed by atoms with Gasteiger partial charge in [-0.1, -0.05) is 11.3 Å². The van der Waals surface area contributed by atoms with Crippen LogP contribution in [0.15, 0.2) is 30.7 Å². The maximum atomic E-state index is 13.3. The van der Waals surface area contributed by atoms with Crippen LogP contribution in [0.1, 0.15) is 10.5 Å². The fourth-order valence-corrected chi connectivity index (χ4v) is 3.89. The Hall–Kier alpha value is -2.48. The van der Waals surface area contributed by atoms with Gasteiger partial charge in [0.1, 0.15) is 11.5 Å². The van der Waals surface area contributed by atoms with Crippen LogP contribution in [0.3, 0.4) is 0 Å². The Morgan fingerprint density at radius 1 is 1.25 bits per heavy atom. The highest BCUT2D eigenvalue weighted by Gasteiger charge is 2.25. The second-order valence-corrected chi connectivity index (χ2v) is 6.79. The predicted octanol–water partition coefficient (Wildman–Crippen LogP) is 2.13. The topological polar surface area (TPSA) is 54.3 Å². The summed E-state index contributed by atoms with van der Waals surface area (Å²) in [5, 5.41) is 0.878. The number of hydrogen-bond acceptors (Lipinski definition) is 5. The van der Waals surface area contributed by atoms with E-state index in [9.17, 15) is 9.18 Å². The number of rotatable bonds is 2. The second-order valence-electron chi connectivity index (χ2n) is 5.78. The van der Waals surface area contributed by atoms with Crippen LogP contribution in [0, 0.1) is 5.82 Å². The Balaban J connectivity index is 1.47. The van der Waals surface area contributed by atoms with E-state index < -0.39 is 0 Å². The normalized spacial score (nSPS) is 15.2. The Labute approximate surface area is 142 Å². The van der Waals surface area contributed by atoms with E-state index in [1.54, 1.807) is 23.2 Å². The van der Waals surface area contributed by atoms with Gasteiger partial charge in [-0.3, -0.25) is 4.79 Å². The van der Waals surface area contributed by atoms with Gasteiger partial charge in [-0.2, -0.15) is 0 Å². The van der Waals surface area contributed by atoms with Crippen LogP contribution in [-0.2, 0) is 7.05 Å². The quantitative estimate of drug-likeness (QED) is 0.714. The van der Waals surface area contributed by atoms with E-state index in [4.69, 9.17) is 0 Å². The van der Waals surface area contributed by atoms with E-state index in [-0.39, 0.29) is 11.7 Å². The first kappa shape index (κ1) is 15.1. The average Bonchev–Trinajstić information content (AvgIpc) is 3.20. The van der Waals surface area contributed by atoms with Crippen molar-refractivity contribution in [2.24, 2.45) is 7.05 Å². The van der Waals surface area contributed by atoms with Crippen molar-refractivity contribution in [3.05, 3.63) is 42.2 Å². The van der Waals surface area contributed by atoms with Crippen LogP contribution >= 0.6 is 11.3 Å². The van der Waals surface area contributed by atoms with Crippen molar-refractivity contribution < 1.29 is 9.18 Å². The maximum absolute atomic E-state index is 13.3. The predicted molar refractivity (Wildman–Crippen MR) is 90.9 cm³/mol. The molecule has 0 saturated carbocycles. The molecule has 0 aliphatic carbocycles. The van der Waals surface area contributed by atoms with Gasteiger partial charge < -0.3 is 14.4 Å². The van der Waals surface area contributed by atoms with E-state index in [0.29, 0.717) is 31.9 Å². The third-order valence-corrected chi connectivity index (χ3v) is 5.29. The molecular weight excluding hydrogens is 329 g/mol. The number of amides is 1. The molecule has 3 heterocycles. The Morgan fingerprint density at radius 2 is 2.04 bits per heavy atom. The molecule has 0 spiro atoms. The molecule has 0 unspecified atom stereocenters. The van der Waals surface area contributed by atoms with Crippen LogP contribution in [0.4, 0.5) is 9.52 Å². The summed E-state index contributed by atoms with van der Waals surface area (Å²) in [6.07, 6.45) is 3.22. The fraction of sp³-hybridized carbons (Fsp3) is 0.312. The van der Waals surface area contributed by atoms with Crippen LogP contribution in [0.5, 0.6) is 0 Å². The lowest BCUT2D eigenvalue weighted by atomic mass is 10.3. The van der Waals surface area contributed by atoms with Crippen molar-refractivity contribution in [1.29, 1.82) is 0 Å². The van der Waals surface area contributed by atoms with Crippen LogP contribution in [0.2, 0.25) is 0 Å². The minimum absolute atomic E-state index is 0.000945. The number of carbonyl (C=O) groups is 1. The van der Waals surface area contributed by atoms with Crippen molar-refractivity contribution in [1.82, 2.24) is 19.4 Å². The third-order valence-electron chi connectivity index (χ3n) is 4.21. The standard InChI is InChI=1S/C16H16FN5OS/c1-20-10-18-9-13(20)15(23)21-4-6-22(7-5-21)16-19-12-3-2-11(17)8-14(12)24-16/h2-3,8-10H,4-7H2,1H3. The summed E-state index contributed by atoms with van der Waals surface area (Å²) in [7, 11) is 1.82. The molecule has 1 aliphatic rings. The van der Waals surface area contributed by atoms with Crippen molar-refractivity contribution in [2.75, 3.05) is 31.1 Å². The van der Waals surface area contributed by atoms with Crippen LogP contribution in [-0.4, -0.2) is 51.5 Å². The minimum atomic E-state index is -0.246. The minimum Gasteiger partial charge on any atom is -0.345 e. The van der Waals surface area contributed by atoms with E-state index in [2.05, 4.69) is 14.9 Å². The zero-order chi connectivity index (χ0) is 16.7. The molecule has 3 aromatic rings. The molecule has 1 saturated heterocycles. The number of anilines is 1. The molecule has 0 N–H and O–H groups in total. The third kappa shape index (κ3) is 2.62. The maximum Gasteiger partial charge on any atom is 0.272 e. The molecule has 1 aliphatic heterocycles. The average molecular weight is 345 g/mol. The van der Waals surface area contributed by atoms with Crippen LogP contribution in [0.25, 0.3) is 10.2 Å². The number of nitrogens with zero attached hydrogens (tertiary/aromatic N) is 5. The lowest BCUT2D eigenvalue weighted by Crippen LogP contribution is -2.49. The van der Waals surface area contributed by atoms with Crippen molar-refractivity contribution in [3.63, 3.8) is 0 Å². The SMILES string of the molecule is Cn1cncc1C(=O)N1CCN(c2nc3ccc(F)cc3s2)CC1. The molecule has 0 atom stereocenters. The van der Waals surface area contributed by atoms with Gasteiger partial charge in [0.2, 0.25) is 0 Å². The number of carbonyl (C=O) groups excluding carboxylic acids is 1. The highest BCUT2D eigenvalue weighted by atomic mass is 32.1. The number of halogens is 1. The van der Waals surface area contributed by atoms with Gasteiger partial charge >= 0.3 is 0 Å². The molecular formula is C16H16FN5OS. The van der Waals surface area contributed by atoms with Gasteiger partial charge in [0, 0.05) is 33.2 Å². The van der Waals surface area contributed by atoms with Crippen molar-refractivity contribution in [2.45, 2.75) is 0 Å². The first-order valence-corrected chi connectivity index (χ1v) is 8.50. The molecule has 6 nitrogen and oxygen atoms in total. The lowest BCUT2D eigenvalue weighted by Gasteiger charge is -2.34. The van der Waals surface area contributed by atoms with Gasteiger partial charge in [0.15, 0.2) is 5.13 Å². The van der Waals surface area contributed by atoms with Gasteiger partial charge in [-0.05, 0) is 18.2 Å². The van der Waals surface area contributed by atoms with Gasteiger partial charge in [0.05, 0.1) is 22.7 Å². The summed E-state index contributed by atoms with van der Waals surface area (Å²) in [5.74, 6) is -0.245. The van der Waals surface area contributed by atoms with Crippen LogP contribution < -0.4 is 4.90 Å². The molecule has 1 aromatic carbocycles. The molecule has 2 aromatic heterocycles. The van der Waals surface area contributed by atoms with Gasteiger partial charge in [-0.25, -0.2) is 14.4 Å². The lowest BCUT2D eigenvalue weighted by molar-refractivity contribution is 0.0737. The molecule has 0 radical (unpaired) electrons. The first-order chi connectivity index (χ1) is 11.6. The number of benzene rings is 1. The Bertz CT molecular complexity index is 897. The number of imidazole rings is 1. The van der Waals surface area contributed by atoms with Crippen molar-refractivity contribution >= 4 is 32.6 Å². The summed E-state index contributed by atoms with van der Waals surface area (Å²) < 4.78 is 15.9. The molecule has 4 rings (SSSR count). The summed E-state index contributed by atoms with van der Waals surface area (Å²) in [4.78, 5) is 25.0. The highest BCUT2D eigenvalue weighted by Crippen LogP contribution is 2.30. The number of hydrogen-bond donors (Lipinski definition) is 0. The molecule has 24 heavy (non-hydrogen) atoms. The Kier molecular flexibility index (Phi) is 3.68. The summed E-state index contributed by atoms with van der Waals surface area (Å²) >= 11 is 1.49. The number of piperazine rings is 1. The number of aryl methyl sites for hydroxylation is 1. The zero-order valence-electron chi connectivity index (χ0n) is 13.1. The number of thiazole rings is 1. The Morgan fingerprint density at radius 3 is 2.75 bits per heavy atom. The van der Waals surface area contributed by atoms with E-state index in [0.717, 1.165) is 15.3 Å². The molecule has 0 bridgehead atoms. The molecule has 124 valence electrons. The van der Waals surface area contributed by atoms with Gasteiger partial charge in [0.25, 0.3) is 5.91 Å². The van der Waals surface area contributed by atoms with E-state index in [1.165, 1.54) is 23.5 Å².